The molecule has 2 aliphatic carbocycles. The van der Waals surface area contributed by atoms with Gasteiger partial charge >= 0.3 is 0 Å². The normalized spacial score (nSPS) is 31.9. The minimum atomic E-state index is -0.743. The second-order valence-corrected chi connectivity index (χ2v) is 5.06. The van der Waals surface area contributed by atoms with Gasteiger partial charge in [0, 0.05) is 5.92 Å². The summed E-state index contributed by atoms with van der Waals surface area (Å²) in [6.07, 6.45) is 4.44. The van der Waals surface area contributed by atoms with Crippen LogP contribution in [0.2, 0.25) is 0 Å². The van der Waals surface area contributed by atoms with Crippen molar-refractivity contribution in [1.29, 1.82) is 0 Å². The number of hydrogen-bond donors (Lipinski definition) is 2. The standard InChI is InChI=1S/C13H17NO3/c15-10(11-5-2-6-17-11)7-14-13(16)12-8-3-1-4-9(8)12/h2,5-6,8-10,12,15H,1,3-4,7H2,(H,14,16). The summed E-state index contributed by atoms with van der Waals surface area (Å²) in [6, 6.07) is 3.44. The van der Waals surface area contributed by atoms with Crippen LogP contribution in [0.25, 0.3) is 0 Å². The molecule has 4 nitrogen and oxygen atoms in total. The number of fused-ring (bicyclic) bond motifs is 1. The number of furan rings is 1. The van der Waals surface area contributed by atoms with E-state index < -0.39 is 6.10 Å². The Kier molecular flexibility index (Phi) is 2.67. The summed E-state index contributed by atoms with van der Waals surface area (Å²) in [6.45, 7) is 0.238. The van der Waals surface area contributed by atoms with E-state index in [9.17, 15) is 9.90 Å². The second kappa shape index (κ2) is 4.18. The third-order valence-electron chi connectivity index (χ3n) is 4.05. The lowest BCUT2D eigenvalue weighted by atomic mass is 10.1. The third kappa shape index (κ3) is 1.97. The molecule has 3 rings (SSSR count). The fraction of sp³-hybridized carbons (Fsp3) is 0.615. The SMILES string of the molecule is O=C(NCC(O)c1ccco1)C1C2CCCC21. The molecule has 0 saturated heterocycles. The van der Waals surface area contributed by atoms with Crippen molar-refractivity contribution in [3.63, 3.8) is 0 Å². The van der Waals surface area contributed by atoms with Crippen molar-refractivity contribution in [1.82, 2.24) is 5.32 Å². The van der Waals surface area contributed by atoms with E-state index >= 15 is 0 Å². The van der Waals surface area contributed by atoms with Crippen LogP contribution in [0.15, 0.2) is 22.8 Å². The van der Waals surface area contributed by atoms with Crippen LogP contribution in [-0.4, -0.2) is 17.6 Å². The maximum absolute atomic E-state index is 11.8. The fourth-order valence-electron chi connectivity index (χ4n) is 3.11. The van der Waals surface area contributed by atoms with Crippen LogP contribution in [0, 0.1) is 17.8 Å². The van der Waals surface area contributed by atoms with Gasteiger partial charge in [-0.2, -0.15) is 0 Å². The Balaban J connectivity index is 1.47. The fourth-order valence-corrected chi connectivity index (χ4v) is 3.11. The molecule has 1 heterocycles. The van der Waals surface area contributed by atoms with Gasteiger partial charge in [-0.25, -0.2) is 0 Å². The summed E-state index contributed by atoms with van der Waals surface area (Å²) >= 11 is 0. The number of hydrogen-bond acceptors (Lipinski definition) is 3. The lowest BCUT2D eigenvalue weighted by Crippen LogP contribution is -2.30. The van der Waals surface area contributed by atoms with Gasteiger partial charge in [-0.05, 0) is 36.8 Å². The lowest BCUT2D eigenvalue weighted by molar-refractivity contribution is -0.123. The lowest BCUT2D eigenvalue weighted by Gasteiger charge is -2.10. The maximum atomic E-state index is 11.8. The summed E-state index contributed by atoms with van der Waals surface area (Å²) in [7, 11) is 0. The van der Waals surface area contributed by atoms with E-state index in [1.165, 1.54) is 25.5 Å². The molecule has 3 atom stereocenters. The van der Waals surface area contributed by atoms with Crippen molar-refractivity contribution in [2.24, 2.45) is 17.8 Å². The molecule has 1 aromatic heterocycles. The molecule has 3 unspecified atom stereocenters. The van der Waals surface area contributed by atoms with E-state index in [2.05, 4.69) is 5.32 Å². The van der Waals surface area contributed by atoms with E-state index in [-0.39, 0.29) is 18.4 Å². The number of aliphatic hydroxyl groups is 1. The molecule has 4 heteroatoms. The molecule has 0 aromatic carbocycles. The van der Waals surface area contributed by atoms with Crippen molar-refractivity contribution < 1.29 is 14.3 Å². The molecular formula is C13H17NO3. The maximum Gasteiger partial charge on any atom is 0.223 e. The van der Waals surface area contributed by atoms with E-state index in [0.29, 0.717) is 17.6 Å². The quantitative estimate of drug-likeness (QED) is 0.830. The number of nitrogens with one attached hydrogen (secondary N) is 1. The smallest absolute Gasteiger partial charge is 0.223 e. The second-order valence-electron chi connectivity index (χ2n) is 5.06. The Morgan fingerprint density at radius 2 is 2.29 bits per heavy atom. The van der Waals surface area contributed by atoms with E-state index in [0.717, 1.165) is 0 Å². The average molecular weight is 235 g/mol. The number of aliphatic hydroxyl groups excluding tert-OH is 1. The average Bonchev–Trinajstić information content (AvgIpc) is 2.83. The molecule has 2 saturated carbocycles. The first-order valence-corrected chi connectivity index (χ1v) is 6.26. The number of carbonyl (C=O) groups excluding carboxylic acids is 1. The van der Waals surface area contributed by atoms with Crippen LogP contribution in [-0.2, 0) is 4.79 Å². The topological polar surface area (TPSA) is 62.5 Å². The van der Waals surface area contributed by atoms with Crippen LogP contribution < -0.4 is 5.32 Å². The van der Waals surface area contributed by atoms with Gasteiger partial charge < -0.3 is 14.8 Å². The molecular weight excluding hydrogens is 218 g/mol. The third-order valence-corrected chi connectivity index (χ3v) is 4.05. The molecule has 2 aliphatic rings. The highest BCUT2D eigenvalue weighted by atomic mass is 16.4. The predicted molar refractivity (Wildman–Crippen MR) is 61.0 cm³/mol. The van der Waals surface area contributed by atoms with Gasteiger partial charge in [0.15, 0.2) is 0 Å². The van der Waals surface area contributed by atoms with Gasteiger partial charge in [0.25, 0.3) is 0 Å². The summed E-state index contributed by atoms with van der Waals surface area (Å²) < 4.78 is 5.08. The minimum absolute atomic E-state index is 0.102. The summed E-state index contributed by atoms with van der Waals surface area (Å²) in [5.41, 5.74) is 0. The van der Waals surface area contributed by atoms with Crippen LogP contribution in [0.3, 0.4) is 0 Å². The van der Waals surface area contributed by atoms with Crippen LogP contribution in [0.5, 0.6) is 0 Å². The van der Waals surface area contributed by atoms with E-state index in [4.69, 9.17) is 4.42 Å². The van der Waals surface area contributed by atoms with Gasteiger partial charge in [0.2, 0.25) is 5.91 Å². The van der Waals surface area contributed by atoms with Gasteiger partial charge in [-0.15, -0.1) is 0 Å². The molecule has 1 amide bonds. The highest BCUT2D eigenvalue weighted by Crippen LogP contribution is 2.57. The van der Waals surface area contributed by atoms with Crippen molar-refractivity contribution in [3.05, 3.63) is 24.2 Å². The van der Waals surface area contributed by atoms with Crippen LogP contribution >= 0.6 is 0 Å². The molecule has 0 bridgehead atoms. The number of rotatable bonds is 4. The zero-order valence-corrected chi connectivity index (χ0v) is 9.63. The Hall–Kier alpha value is -1.29. The van der Waals surface area contributed by atoms with Gasteiger partial charge in [0.05, 0.1) is 12.8 Å². The summed E-state index contributed by atoms with van der Waals surface area (Å²) in [5, 5.41) is 12.6. The van der Waals surface area contributed by atoms with E-state index in [1.807, 2.05) is 0 Å². The molecule has 0 radical (unpaired) electrons. The summed E-state index contributed by atoms with van der Waals surface area (Å²) in [4.78, 5) is 11.8. The minimum Gasteiger partial charge on any atom is -0.467 e. The first kappa shape index (κ1) is 10.8. The molecule has 2 N–H and O–H groups in total. The van der Waals surface area contributed by atoms with Crippen molar-refractivity contribution in [2.45, 2.75) is 25.4 Å². The van der Waals surface area contributed by atoms with Gasteiger partial charge in [0.1, 0.15) is 11.9 Å². The van der Waals surface area contributed by atoms with Gasteiger partial charge in [-0.1, -0.05) is 6.42 Å². The Morgan fingerprint density at radius 1 is 1.53 bits per heavy atom. The van der Waals surface area contributed by atoms with Crippen molar-refractivity contribution in [2.75, 3.05) is 6.54 Å². The largest absolute Gasteiger partial charge is 0.467 e. The van der Waals surface area contributed by atoms with Gasteiger partial charge in [-0.3, -0.25) is 4.79 Å². The van der Waals surface area contributed by atoms with Crippen LogP contribution in [0.4, 0.5) is 0 Å². The Labute approximate surface area is 100 Å². The monoisotopic (exact) mass is 235 g/mol. The highest BCUT2D eigenvalue weighted by Gasteiger charge is 2.56. The Morgan fingerprint density at radius 3 is 2.94 bits per heavy atom. The van der Waals surface area contributed by atoms with Crippen molar-refractivity contribution >= 4 is 5.91 Å². The number of amides is 1. The summed E-state index contributed by atoms with van der Waals surface area (Å²) in [5.74, 6) is 2.06. The molecule has 2 fully saturated rings. The van der Waals surface area contributed by atoms with Crippen LogP contribution in [0.1, 0.15) is 31.1 Å². The zero-order chi connectivity index (χ0) is 11.8. The molecule has 17 heavy (non-hydrogen) atoms. The molecule has 0 spiro atoms. The molecule has 92 valence electrons. The highest BCUT2D eigenvalue weighted by molar-refractivity contribution is 5.82. The zero-order valence-electron chi connectivity index (χ0n) is 9.63. The van der Waals surface area contributed by atoms with E-state index in [1.54, 1.807) is 12.1 Å². The Bertz CT molecular complexity index is 391. The first-order valence-electron chi connectivity index (χ1n) is 6.26. The van der Waals surface area contributed by atoms with Crippen molar-refractivity contribution in [3.8, 4) is 0 Å². The number of carbonyl (C=O) groups is 1. The molecule has 1 aromatic rings. The first-order chi connectivity index (χ1) is 8.27. The molecule has 0 aliphatic heterocycles. The predicted octanol–water partition coefficient (Wildman–Crippen LogP) is 1.48.